The molecule has 2 rings (SSSR count). The number of H-pyrrole nitrogens is 1. The van der Waals surface area contributed by atoms with Crippen LogP contribution in [0, 0.1) is 0 Å². The van der Waals surface area contributed by atoms with Gasteiger partial charge in [0.25, 0.3) is 20.2 Å². The number of nitrogens with one attached hydrogen (secondary N) is 1. The highest BCUT2D eigenvalue weighted by atomic mass is 32.2. The van der Waals surface area contributed by atoms with Gasteiger partial charge in [-0.15, -0.1) is 0 Å². The van der Waals surface area contributed by atoms with E-state index in [0.717, 1.165) is 19.3 Å². The van der Waals surface area contributed by atoms with Crippen LogP contribution in [0.2, 0.25) is 0 Å². The van der Waals surface area contributed by atoms with Crippen molar-refractivity contribution in [1.82, 2.24) is 9.97 Å². The van der Waals surface area contributed by atoms with Crippen molar-refractivity contribution < 1.29 is 25.9 Å². The summed E-state index contributed by atoms with van der Waals surface area (Å²) in [7, 11) is -8.64. The van der Waals surface area contributed by atoms with Gasteiger partial charge in [-0.05, 0) is 42.7 Å². The van der Waals surface area contributed by atoms with Crippen LogP contribution < -0.4 is 0 Å². The van der Waals surface area contributed by atoms with Crippen LogP contribution in [-0.4, -0.2) is 46.0 Å². The molecule has 3 N–H and O–H groups in total. The molecule has 38 heavy (non-hydrogen) atoms. The fourth-order valence-electron chi connectivity index (χ4n) is 4.83. The Morgan fingerprint density at radius 3 is 2.03 bits per heavy atom. The fourth-order valence-corrected chi connectivity index (χ4v) is 6.67. The lowest BCUT2D eigenvalue weighted by atomic mass is 10.0. The Bertz CT molecular complexity index is 1240. The molecule has 0 bridgehead atoms. The molecule has 2 aromatic rings. The molecule has 216 valence electrons. The molecule has 1 aromatic heterocycles. The van der Waals surface area contributed by atoms with Crippen LogP contribution in [0.1, 0.15) is 115 Å². The van der Waals surface area contributed by atoms with E-state index in [4.69, 9.17) is 12.2 Å². The van der Waals surface area contributed by atoms with Gasteiger partial charge in [-0.3, -0.25) is 9.11 Å². The molecular weight excluding hydrogens is 545 g/mol. The molecule has 0 saturated heterocycles. The van der Waals surface area contributed by atoms with Crippen molar-refractivity contribution in [1.29, 1.82) is 0 Å². The zero-order chi connectivity index (χ0) is 28.2. The molecule has 0 fully saturated rings. The van der Waals surface area contributed by atoms with Crippen LogP contribution in [-0.2, 0) is 33.1 Å². The standard InChI is InChI=1S/C27H44N2O6S3/c1-3-5-6-7-8-9-10-11-12-13-14-15-21(36)20-23-25(38(33,34)35)18-17-24-27(23)29-26(28-24)19-16-22(4-2)37(30,31)32/h17-18,22H,3-16,19-20H2,1-2H3,(H,28,29)(H,30,31,32)(H,33,34,35). The van der Waals surface area contributed by atoms with Gasteiger partial charge in [-0.1, -0.05) is 90.3 Å². The Morgan fingerprint density at radius 1 is 0.921 bits per heavy atom. The van der Waals surface area contributed by atoms with Gasteiger partial charge in [0.15, 0.2) is 0 Å². The highest BCUT2D eigenvalue weighted by molar-refractivity contribution is 7.86. The molecule has 1 atom stereocenters. The third kappa shape index (κ3) is 11.0. The summed E-state index contributed by atoms with van der Waals surface area (Å²) < 4.78 is 66.4. The molecule has 0 spiro atoms. The van der Waals surface area contributed by atoms with Crippen molar-refractivity contribution in [2.75, 3.05) is 0 Å². The van der Waals surface area contributed by atoms with Crippen LogP contribution in [0.3, 0.4) is 0 Å². The molecule has 1 heterocycles. The van der Waals surface area contributed by atoms with E-state index in [0.29, 0.717) is 33.7 Å². The number of imidazole rings is 1. The number of aryl methyl sites for hydroxylation is 1. The monoisotopic (exact) mass is 588 g/mol. The number of nitrogens with zero attached hydrogens (tertiary/aromatic N) is 1. The lowest BCUT2D eigenvalue weighted by Crippen LogP contribution is -2.20. The molecule has 1 aromatic carbocycles. The van der Waals surface area contributed by atoms with Crippen LogP contribution in [0.15, 0.2) is 17.0 Å². The Kier molecular flexibility index (Phi) is 13.8. The number of benzene rings is 1. The lowest BCUT2D eigenvalue weighted by molar-refractivity contribution is 0.458. The first-order chi connectivity index (χ1) is 18.0. The van der Waals surface area contributed by atoms with E-state index in [1.807, 2.05) is 0 Å². The van der Waals surface area contributed by atoms with E-state index in [1.165, 1.54) is 63.5 Å². The summed E-state index contributed by atoms with van der Waals surface area (Å²) in [6.45, 7) is 3.91. The maximum atomic E-state index is 12.1. The molecule has 1 unspecified atom stereocenters. The normalized spacial score (nSPS) is 13.3. The Morgan fingerprint density at radius 2 is 1.50 bits per heavy atom. The quantitative estimate of drug-likeness (QED) is 0.0852. The van der Waals surface area contributed by atoms with E-state index < -0.39 is 25.5 Å². The molecule has 0 amide bonds. The third-order valence-corrected chi connectivity index (χ3v) is 9.75. The van der Waals surface area contributed by atoms with E-state index >= 15 is 0 Å². The van der Waals surface area contributed by atoms with Gasteiger partial charge in [0.1, 0.15) is 5.82 Å². The molecule has 11 heteroatoms. The zero-order valence-corrected chi connectivity index (χ0v) is 25.2. The van der Waals surface area contributed by atoms with Crippen molar-refractivity contribution in [2.45, 2.75) is 127 Å². The van der Waals surface area contributed by atoms with Crippen molar-refractivity contribution in [3.63, 3.8) is 0 Å². The van der Waals surface area contributed by atoms with Crippen LogP contribution >= 0.6 is 12.2 Å². The Labute approximate surface area is 233 Å². The first kappa shape index (κ1) is 32.8. The van der Waals surface area contributed by atoms with Crippen molar-refractivity contribution >= 4 is 48.4 Å². The minimum absolute atomic E-state index is 0.174. The summed E-state index contributed by atoms with van der Waals surface area (Å²) >= 11 is 5.59. The number of aromatic amines is 1. The number of fused-ring (bicyclic) bond motifs is 1. The predicted octanol–water partition coefficient (Wildman–Crippen LogP) is 7.02. The van der Waals surface area contributed by atoms with Gasteiger partial charge in [0.2, 0.25) is 0 Å². The van der Waals surface area contributed by atoms with E-state index in [9.17, 15) is 25.9 Å². The van der Waals surface area contributed by atoms with E-state index in [2.05, 4.69) is 16.9 Å². The van der Waals surface area contributed by atoms with Crippen LogP contribution in [0.25, 0.3) is 11.0 Å². The maximum absolute atomic E-state index is 12.1. The Hall–Kier alpha value is -1.40. The topological polar surface area (TPSA) is 137 Å². The first-order valence-electron chi connectivity index (χ1n) is 13.9. The fraction of sp³-hybridized carbons (Fsp3) is 0.704. The number of hydrogen-bond acceptors (Lipinski definition) is 6. The first-order valence-corrected chi connectivity index (χ1v) is 17.3. The van der Waals surface area contributed by atoms with Gasteiger partial charge >= 0.3 is 0 Å². The summed E-state index contributed by atoms with van der Waals surface area (Å²) in [4.78, 5) is 8.12. The number of unbranched alkanes of at least 4 members (excludes halogenated alkanes) is 10. The SMILES string of the molecule is CCCCCCCCCCCCCC(=S)Cc1c(S(=O)(=O)O)ccc2[nH]c(CCC(CC)S(=O)(=O)O)nc12. The summed E-state index contributed by atoms with van der Waals surface area (Å²) in [5.74, 6) is 0.479. The molecule has 0 aliphatic carbocycles. The van der Waals surface area contributed by atoms with Crippen molar-refractivity contribution in [3.05, 3.63) is 23.5 Å². The van der Waals surface area contributed by atoms with Crippen molar-refractivity contribution in [3.8, 4) is 0 Å². The smallest absolute Gasteiger partial charge is 0.294 e. The minimum atomic E-state index is -4.48. The van der Waals surface area contributed by atoms with Gasteiger partial charge < -0.3 is 4.98 Å². The summed E-state index contributed by atoms with van der Waals surface area (Å²) in [5.41, 5.74) is 1.33. The third-order valence-electron chi connectivity index (χ3n) is 7.06. The lowest BCUT2D eigenvalue weighted by Gasteiger charge is -2.10. The van der Waals surface area contributed by atoms with Gasteiger partial charge in [-0.25, -0.2) is 4.98 Å². The second-order valence-electron chi connectivity index (χ2n) is 10.2. The summed E-state index contributed by atoms with van der Waals surface area (Å²) in [5, 5.41) is -0.901. The van der Waals surface area contributed by atoms with Gasteiger partial charge in [0.05, 0.1) is 21.2 Å². The van der Waals surface area contributed by atoms with Crippen LogP contribution in [0.4, 0.5) is 0 Å². The highest BCUT2D eigenvalue weighted by Crippen LogP contribution is 2.27. The van der Waals surface area contributed by atoms with E-state index in [-0.39, 0.29) is 30.6 Å². The van der Waals surface area contributed by atoms with Gasteiger partial charge in [0, 0.05) is 18.4 Å². The number of aromatic nitrogens is 2. The second kappa shape index (κ2) is 16.0. The summed E-state index contributed by atoms with van der Waals surface area (Å²) in [6.07, 6.45) is 15.2. The predicted molar refractivity (Wildman–Crippen MR) is 157 cm³/mol. The highest BCUT2D eigenvalue weighted by Gasteiger charge is 2.23. The zero-order valence-electron chi connectivity index (χ0n) is 22.7. The number of thiocarbonyl (C=S) groups is 1. The number of hydrogen-bond donors (Lipinski definition) is 3. The van der Waals surface area contributed by atoms with Crippen LogP contribution in [0.5, 0.6) is 0 Å². The maximum Gasteiger partial charge on any atom is 0.294 e. The molecular formula is C27H44N2O6S3. The number of rotatable bonds is 20. The molecule has 0 saturated carbocycles. The molecule has 8 nitrogen and oxygen atoms in total. The second-order valence-corrected chi connectivity index (χ2v) is 13.8. The molecule has 0 aliphatic heterocycles. The van der Waals surface area contributed by atoms with Crippen molar-refractivity contribution in [2.24, 2.45) is 0 Å². The average Bonchev–Trinajstić information content (AvgIpc) is 3.25. The Balaban J connectivity index is 1.96. The van der Waals surface area contributed by atoms with E-state index in [1.54, 1.807) is 6.92 Å². The molecule has 0 radical (unpaired) electrons. The molecule has 0 aliphatic rings. The summed E-state index contributed by atoms with van der Waals surface area (Å²) in [6, 6.07) is 2.87. The largest absolute Gasteiger partial charge is 0.342 e. The minimum Gasteiger partial charge on any atom is -0.342 e. The average molecular weight is 589 g/mol. The van der Waals surface area contributed by atoms with Gasteiger partial charge in [-0.2, -0.15) is 16.8 Å².